The standard InChI is InChI=1S/C16H14F3NO4/c17-16(18,19)14-10-13(20(21)22)6-7-15(14)24-9-8-23-11-12-4-2-1-3-5-12/h1-7,10H,8-9,11H2. The molecule has 24 heavy (non-hydrogen) atoms. The summed E-state index contributed by atoms with van der Waals surface area (Å²) in [5, 5.41) is 10.6. The number of benzene rings is 2. The van der Waals surface area contributed by atoms with Gasteiger partial charge < -0.3 is 9.47 Å². The van der Waals surface area contributed by atoms with Crippen LogP contribution in [-0.4, -0.2) is 18.1 Å². The first-order chi connectivity index (χ1) is 11.4. The third-order valence-corrected chi connectivity index (χ3v) is 3.08. The Bertz CT molecular complexity index is 689. The van der Waals surface area contributed by atoms with Crippen LogP contribution in [0.3, 0.4) is 0 Å². The molecule has 2 aromatic rings. The lowest BCUT2D eigenvalue weighted by Gasteiger charge is -2.13. The Hall–Kier alpha value is -2.61. The van der Waals surface area contributed by atoms with E-state index in [0.717, 1.165) is 17.7 Å². The molecule has 2 aromatic carbocycles. The van der Waals surface area contributed by atoms with E-state index in [1.165, 1.54) is 0 Å². The Labute approximate surface area is 135 Å². The van der Waals surface area contributed by atoms with Crippen LogP contribution in [0.1, 0.15) is 11.1 Å². The number of nitro benzene ring substituents is 1. The van der Waals surface area contributed by atoms with Crippen molar-refractivity contribution in [1.29, 1.82) is 0 Å². The molecular weight excluding hydrogens is 327 g/mol. The Balaban J connectivity index is 1.93. The number of alkyl halides is 3. The zero-order chi connectivity index (χ0) is 17.6. The van der Waals surface area contributed by atoms with E-state index in [1.54, 1.807) is 0 Å². The molecule has 0 aliphatic rings. The molecule has 0 atom stereocenters. The summed E-state index contributed by atoms with van der Waals surface area (Å²) in [6.45, 7) is 0.299. The molecule has 5 nitrogen and oxygen atoms in total. The summed E-state index contributed by atoms with van der Waals surface area (Å²) >= 11 is 0. The van der Waals surface area contributed by atoms with Crippen LogP contribution in [0.5, 0.6) is 5.75 Å². The molecule has 0 fully saturated rings. The lowest BCUT2D eigenvalue weighted by Crippen LogP contribution is -2.12. The maximum atomic E-state index is 13.0. The molecule has 0 N–H and O–H groups in total. The summed E-state index contributed by atoms with van der Waals surface area (Å²) < 4.78 is 49.2. The van der Waals surface area contributed by atoms with Crippen molar-refractivity contribution in [2.75, 3.05) is 13.2 Å². The zero-order valence-corrected chi connectivity index (χ0v) is 12.5. The maximum absolute atomic E-state index is 13.0. The van der Waals surface area contributed by atoms with Gasteiger partial charge in [0.1, 0.15) is 17.9 Å². The fourth-order valence-electron chi connectivity index (χ4n) is 1.95. The number of halogens is 3. The zero-order valence-electron chi connectivity index (χ0n) is 12.5. The maximum Gasteiger partial charge on any atom is 0.420 e. The van der Waals surface area contributed by atoms with E-state index >= 15 is 0 Å². The van der Waals surface area contributed by atoms with Crippen molar-refractivity contribution >= 4 is 5.69 Å². The van der Waals surface area contributed by atoms with Crippen molar-refractivity contribution in [3.63, 3.8) is 0 Å². The van der Waals surface area contributed by atoms with Gasteiger partial charge in [0.25, 0.3) is 5.69 Å². The van der Waals surface area contributed by atoms with Crippen molar-refractivity contribution < 1.29 is 27.6 Å². The molecule has 128 valence electrons. The predicted octanol–water partition coefficient (Wildman–Crippen LogP) is 4.21. The molecule has 0 bridgehead atoms. The van der Waals surface area contributed by atoms with E-state index < -0.39 is 28.1 Å². The van der Waals surface area contributed by atoms with E-state index in [1.807, 2.05) is 30.3 Å². The highest BCUT2D eigenvalue weighted by atomic mass is 19.4. The number of ether oxygens (including phenoxy) is 2. The average molecular weight is 341 g/mol. The van der Waals surface area contributed by atoms with Crippen molar-refractivity contribution in [1.82, 2.24) is 0 Å². The van der Waals surface area contributed by atoms with Crippen molar-refractivity contribution in [3.05, 3.63) is 69.8 Å². The molecule has 0 unspecified atom stereocenters. The van der Waals surface area contributed by atoms with Gasteiger partial charge in [-0.3, -0.25) is 10.1 Å². The van der Waals surface area contributed by atoms with Crippen molar-refractivity contribution in [2.24, 2.45) is 0 Å². The number of non-ortho nitro benzene ring substituents is 1. The van der Waals surface area contributed by atoms with Gasteiger partial charge in [0.2, 0.25) is 0 Å². The van der Waals surface area contributed by atoms with Gasteiger partial charge in [-0.05, 0) is 11.6 Å². The lowest BCUT2D eigenvalue weighted by molar-refractivity contribution is -0.385. The largest absolute Gasteiger partial charge is 0.491 e. The van der Waals surface area contributed by atoms with Crippen LogP contribution < -0.4 is 4.74 Å². The van der Waals surface area contributed by atoms with E-state index in [4.69, 9.17) is 9.47 Å². The number of nitrogens with zero attached hydrogens (tertiary/aromatic N) is 1. The van der Waals surface area contributed by atoms with E-state index in [2.05, 4.69) is 0 Å². The molecule has 0 heterocycles. The Morgan fingerprint density at radius 3 is 2.38 bits per heavy atom. The molecule has 0 amide bonds. The van der Waals surface area contributed by atoms with Crippen LogP contribution in [-0.2, 0) is 17.5 Å². The van der Waals surface area contributed by atoms with Crippen molar-refractivity contribution in [3.8, 4) is 5.75 Å². The molecule has 0 saturated carbocycles. The molecule has 0 radical (unpaired) electrons. The summed E-state index contributed by atoms with van der Waals surface area (Å²) in [4.78, 5) is 9.72. The van der Waals surface area contributed by atoms with E-state index in [-0.39, 0.29) is 13.2 Å². The molecule has 0 aliphatic carbocycles. The smallest absolute Gasteiger partial charge is 0.420 e. The highest BCUT2D eigenvalue weighted by Gasteiger charge is 2.36. The number of nitro groups is 1. The highest BCUT2D eigenvalue weighted by molar-refractivity contribution is 5.45. The minimum Gasteiger partial charge on any atom is -0.491 e. The molecule has 0 aliphatic heterocycles. The van der Waals surface area contributed by atoms with Gasteiger partial charge in [0.05, 0.1) is 18.1 Å². The Kier molecular flexibility index (Phi) is 5.75. The fourth-order valence-corrected chi connectivity index (χ4v) is 1.95. The van der Waals surface area contributed by atoms with Crippen LogP contribution in [0.25, 0.3) is 0 Å². The second-order valence-electron chi connectivity index (χ2n) is 4.82. The van der Waals surface area contributed by atoms with E-state index in [9.17, 15) is 23.3 Å². The van der Waals surface area contributed by atoms with Gasteiger partial charge in [-0.15, -0.1) is 0 Å². The predicted molar refractivity (Wildman–Crippen MR) is 79.7 cm³/mol. The topological polar surface area (TPSA) is 61.6 Å². The van der Waals surface area contributed by atoms with Gasteiger partial charge in [-0.1, -0.05) is 30.3 Å². The van der Waals surface area contributed by atoms with Crippen LogP contribution in [0, 0.1) is 10.1 Å². The summed E-state index contributed by atoms with van der Waals surface area (Å²) in [5.41, 5.74) is -0.890. The number of rotatable bonds is 7. The van der Waals surface area contributed by atoms with Gasteiger partial charge >= 0.3 is 6.18 Å². The summed E-state index contributed by atoms with van der Waals surface area (Å²) in [6, 6.07) is 11.6. The van der Waals surface area contributed by atoms with Crippen LogP contribution in [0.15, 0.2) is 48.5 Å². The van der Waals surface area contributed by atoms with Crippen LogP contribution >= 0.6 is 0 Å². The minimum absolute atomic E-state index is 0.0865. The normalized spacial score (nSPS) is 11.3. The summed E-state index contributed by atoms with van der Waals surface area (Å²) in [7, 11) is 0. The second-order valence-corrected chi connectivity index (χ2v) is 4.82. The lowest BCUT2D eigenvalue weighted by atomic mass is 10.1. The second kappa shape index (κ2) is 7.78. The number of hydrogen-bond acceptors (Lipinski definition) is 4. The Morgan fingerprint density at radius 2 is 1.75 bits per heavy atom. The van der Waals surface area contributed by atoms with Crippen molar-refractivity contribution in [2.45, 2.75) is 12.8 Å². The summed E-state index contributed by atoms with van der Waals surface area (Å²) in [5.74, 6) is -0.462. The first-order valence-corrected chi connectivity index (χ1v) is 6.98. The monoisotopic (exact) mass is 341 g/mol. The van der Waals surface area contributed by atoms with Crippen LogP contribution in [0.4, 0.5) is 18.9 Å². The van der Waals surface area contributed by atoms with Gasteiger partial charge in [-0.2, -0.15) is 13.2 Å². The van der Waals surface area contributed by atoms with Gasteiger partial charge in [-0.25, -0.2) is 0 Å². The van der Waals surface area contributed by atoms with Gasteiger partial charge in [0.15, 0.2) is 0 Å². The highest BCUT2D eigenvalue weighted by Crippen LogP contribution is 2.38. The third-order valence-electron chi connectivity index (χ3n) is 3.08. The summed E-state index contributed by atoms with van der Waals surface area (Å²) in [6.07, 6.45) is -4.74. The first-order valence-electron chi connectivity index (χ1n) is 6.98. The van der Waals surface area contributed by atoms with E-state index in [0.29, 0.717) is 12.7 Å². The van der Waals surface area contributed by atoms with Gasteiger partial charge in [0, 0.05) is 12.1 Å². The van der Waals surface area contributed by atoms with Crippen LogP contribution in [0.2, 0.25) is 0 Å². The molecule has 0 saturated heterocycles. The Morgan fingerprint density at radius 1 is 1.04 bits per heavy atom. The molecule has 0 aromatic heterocycles. The quantitative estimate of drug-likeness (QED) is 0.430. The molecule has 8 heteroatoms. The number of hydrogen-bond donors (Lipinski definition) is 0. The average Bonchev–Trinajstić information content (AvgIpc) is 2.54. The molecule has 2 rings (SSSR count). The third kappa shape index (κ3) is 4.95. The fraction of sp³-hybridized carbons (Fsp3) is 0.250. The first kappa shape index (κ1) is 17.7. The SMILES string of the molecule is O=[N+]([O-])c1ccc(OCCOCc2ccccc2)c(C(F)(F)F)c1. The minimum atomic E-state index is -4.74. The molecule has 0 spiro atoms. The molecular formula is C16H14F3NO4.